The van der Waals surface area contributed by atoms with Gasteiger partial charge in [0.2, 0.25) is 5.91 Å². The van der Waals surface area contributed by atoms with E-state index in [0.29, 0.717) is 25.3 Å². The number of nitrogens with zero attached hydrogens (tertiary/aromatic N) is 4. The van der Waals surface area contributed by atoms with E-state index in [2.05, 4.69) is 22.1 Å². The van der Waals surface area contributed by atoms with E-state index >= 15 is 0 Å². The molecule has 7 nitrogen and oxygen atoms in total. The first-order valence-corrected chi connectivity index (χ1v) is 8.12. The summed E-state index contributed by atoms with van der Waals surface area (Å²) in [7, 11) is 0. The Kier molecular flexibility index (Phi) is 3.37. The number of amides is 2. The van der Waals surface area contributed by atoms with Crippen LogP contribution in [0.2, 0.25) is 0 Å². The van der Waals surface area contributed by atoms with Gasteiger partial charge in [-0.1, -0.05) is 6.92 Å². The van der Waals surface area contributed by atoms with Crippen LogP contribution in [-0.4, -0.2) is 51.5 Å². The lowest BCUT2D eigenvalue weighted by Crippen LogP contribution is -2.40. The molecule has 2 aliphatic heterocycles. The van der Waals surface area contributed by atoms with E-state index in [4.69, 9.17) is 0 Å². The van der Waals surface area contributed by atoms with Crippen molar-refractivity contribution in [2.45, 2.75) is 13.3 Å². The second-order valence-electron chi connectivity index (χ2n) is 6.63. The number of carbonyl (C=O) groups excluding carboxylic acids is 2. The molecule has 2 saturated heterocycles. The number of likely N-dealkylation sites (tertiary alicyclic amines) is 1. The molecule has 1 N–H and O–H groups in total. The lowest BCUT2D eigenvalue weighted by Gasteiger charge is -2.26. The Balaban J connectivity index is 1.58. The molecule has 4 heterocycles. The Morgan fingerprint density at radius 1 is 1.38 bits per heavy atom. The lowest BCUT2D eigenvalue weighted by atomic mass is 9.78. The van der Waals surface area contributed by atoms with Crippen LogP contribution >= 0.6 is 0 Å². The number of carbonyl (C=O) groups is 2. The zero-order chi connectivity index (χ0) is 16.7. The summed E-state index contributed by atoms with van der Waals surface area (Å²) in [4.78, 5) is 33.4. The SMILES string of the molecule is C[C@@H]1CN(C(=O)c2ccn[nH]2)C[C@]12CCN(c1cccnc1)C2=O. The Bertz CT molecular complexity index is 761. The molecule has 7 heteroatoms. The third kappa shape index (κ3) is 2.11. The molecule has 0 radical (unpaired) electrons. The summed E-state index contributed by atoms with van der Waals surface area (Å²) in [6, 6.07) is 5.40. The zero-order valence-electron chi connectivity index (χ0n) is 13.5. The summed E-state index contributed by atoms with van der Waals surface area (Å²) in [5.41, 5.74) is 0.796. The minimum atomic E-state index is -0.495. The molecule has 2 fully saturated rings. The van der Waals surface area contributed by atoms with Crippen LogP contribution in [0.1, 0.15) is 23.8 Å². The van der Waals surface area contributed by atoms with E-state index in [-0.39, 0.29) is 17.7 Å². The number of hydrogen-bond acceptors (Lipinski definition) is 4. The molecule has 0 aliphatic carbocycles. The molecule has 1 spiro atoms. The number of aromatic nitrogens is 3. The van der Waals surface area contributed by atoms with Crippen molar-refractivity contribution in [3.63, 3.8) is 0 Å². The molecule has 0 saturated carbocycles. The highest BCUT2D eigenvalue weighted by Gasteiger charge is 2.56. The number of aromatic amines is 1. The summed E-state index contributed by atoms with van der Waals surface area (Å²) in [6.45, 7) is 3.78. The van der Waals surface area contributed by atoms with Crippen LogP contribution in [0.25, 0.3) is 0 Å². The molecular weight excluding hydrogens is 306 g/mol. The van der Waals surface area contributed by atoms with Gasteiger partial charge in [0, 0.05) is 32.0 Å². The highest BCUT2D eigenvalue weighted by molar-refractivity contribution is 6.01. The molecule has 0 aromatic carbocycles. The van der Waals surface area contributed by atoms with Gasteiger partial charge in [-0.3, -0.25) is 19.7 Å². The van der Waals surface area contributed by atoms with Gasteiger partial charge in [0.15, 0.2) is 0 Å². The maximum Gasteiger partial charge on any atom is 0.271 e. The maximum absolute atomic E-state index is 13.1. The Labute approximate surface area is 139 Å². The Morgan fingerprint density at radius 3 is 2.96 bits per heavy atom. The average Bonchev–Trinajstić information content (AvgIpc) is 3.31. The molecular formula is C17H19N5O2. The normalized spacial score (nSPS) is 26.5. The number of hydrogen-bond donors (Lipinski definition) is 1. The first-order valence-electron chi connectivity index (χ1n) is 8.12. The first kappa shape index (κ1) is 14.9. The van der Waals surface area contributed by atoms with Gasteiger partial charge >= 0.3 is 0 Å². The second-order valence-corrected chi connectivity index (χ2v) is 6.63. The summed E-state index contributed by atoms with van der Waals surface area (Å²) in [6.07, 6.45) is 5.73. The summed E-state index contributed by atoms with van der Waals surface area (Å²) in [5, 5.41) is 6.54. The van der Waals surface area contributed by atoms with Gasteiger partial charge in [0.25, 0.3) is 5.91 Å². The molecule has 124 valence electrons. The van der Waals surface area contributed by atoms with E-state index in [1.807, 2.05) is 12.1 Å². The van der Waals surface area contributed by atoms with Crippen molar-refractivity contribution in [3.05, 3.63) is 42.5 Å². The monoisotopic (exact) mass is 325 g/mol. The smallest absolute Gasteiger partial charge is 0.271 e. The van der Waals surface area contributed by atoms with Gasteiger partial charge in [-0.15, -0.1) is 0 Å². The maximum atomic E-state index is 13.1. The molecule has 2 aromatic heterocycles. The Hall–Kier alpha value is -2.70. The van der Waals surface area contributed by atoms with Crippen molar-refractivity contribution in [3.8, 4) is 0 Å². The summed E-state index contributed by atoms with van der Waals surface area (Å²) >= 11 is 0. The summed E-state index contributed by atoms with van der Waals surface area (Å²) < 4.78 is 0. The van der Waals surface area contributed by atoms with Crippen molar-refractivity contribution in [1.82, 2.24) is 20.1 Å². The quantitative estimate of drug-likeness (QED) is 0.903. The number of anilines is 1. The van der Waals surface area contributed by atoms with E-state index < -0.39 is 5.41 Å². The predicted octanol–water partition coefficient (Wildman–Crippen LogP) is 1.32. The first-order chi connectivity index (χ1) is 11.6. The molecule has 4 rings (SSSR count). The lowest BCUT2D eigenvalue weighted by molar-refractivity contribution is -0.126. The van der Waals surface area contributed by atoms with Gasteiger partial charge in [-0.05, 0) is 30.5 Å². The molecule has 0 unspecified atom stereocenters. The Morgan fingerprint density at radius 2 is 2.25 bits per heavy atom. The third-order valence-corrected chi connectivity index (χ3v) is 5.34. The van der Waals surface area contributed by atoms with Crippen LogP contribution in [0.15, 0.2) is 36.8 Å². The summed E-state index contributed by atoms with van der Waals surface area (Å²) in [5.74, 6) is 0.130. The van der Waals surface area contributed by atoms with Crippen molar-refractivity contribution in [1.29, 1.82) is 0 Å². The van der Waals surface area contributed by atoms with Crippen LogP contribution in [0, 0.1) is 11.3 Å². The molecule has 2 amide bonds. The fourth-order valence-corrected chi connectivity index (χ4v) is 3.92. The van der Waals surface area contributed by atoms with Gasteiger partial charge < -0.3 is 9.80 Å². The van der Waals surface area contributed by atoms with Gasteiger partial charge in [0.05, 0.1) is 17.3 Å². The number of rotatable bonds is 2. The number of H-pyrrole nitrogens is 1. The predicted molar refractivity (Wildman–Crippen MR) is 87.3 cm³/mol. The third-order valence-electron chi connectivity index (χ3n) is 5.34. The van der Waals surface area contributed by atoms with Crippen LogP contribution < -0.4 is 4.90 Å². The molecule has 2 aliphatic rings. The van der Waals surface area contributed by atoms with Gasteiger partial charge in [-0.25, -0.2) is 0 Å². The van der Waals surface area contributed by atoms with E-state index in [9.17, 15) is 9.59 Å². The average molecular weight is 325 g/mol. The van der Waals surface area contributed by atoms with E-state index in [1.54, 1.807) is 34.5 Å². The van der Waals surface area contributed by atoms with Gasteiger partial charge in [0.1, 0.15) is 5.69 Å². The topological polar surface area (TPSA) is 82.2 Å². The second kappa shape index (κ2) is 5.43. The minimum absolute atomic E-state index is 0.0937. The van der Waals surface area contributed by atoms with Crippen molar-refractivity contribution >= 4 is 17.5 Å². The number of pyridine rings is 1. The standard InChI is InChI=1S/C17H19N5O2/c1-12-10-21(15(23)14-4-7-19-20-14)11-17(12)5-8-22(16(17)24)13-3-2-6-18-9-13/h2-4,6-7,9,12H,5,8,10-11H2,1H3,(H,19,20)/t12-,17-/m1/s1. The highest BCUT2D eigenvalue weighted by Crippen LogP contribution is 2.46. The molecule has 2 aromatic rings. The van der Waals surface area contributed by atoms with E-state index in [1.165, 1.54) is 0 Å². The molecule has 24 heavy (non-hydrogen) atoms. The fourth-order valence-electron chi connectivity index (χ4n) is 3.92. The van der Waals surface area contributed by atoms with Crippen molar-refractivity contribution < 1.29 is 9.59 Å². The van der Waals surface area contributed by atoms with Gasteiger partial charge in [-0.2, -0.15) is 5.10 Å². The zero-order valence-corrected chi connectivity index (χ0v) is 13.5. The fraction of sp³-hybridized carbons (Fsp3) is 0.412. The van der Waals surface area contributed by atoms with Crippen molar-refractivity contribution in [2.75, 3.05) is 24.5 Å². The largest absolute Gasteiger partial charge is 0.336 e. The van der Waals surface area contributed by atoms with Crippen LogP contribution in [-0.2, 0) is 4.79 Å². The van der Waals surface area contributed by atoms with Crippen LogP contribution in [0.5, 0.6) is 0 Å². The highest BCUT2D eigenvalue weighted by atomic mass is 16.2. The van der Waals surface area contributed by atoms with E-state index in [0.717, 1.165) is 12.1 Å². The van der Waals surface area contributed by atoms with Crippen LogP contribution in [0.4, 0.5) is 5.69 Å². The minimum Gasteiger partial charge on any atom is -0.336 e. The molecule has 0 bridgehead atoms. The number of nitrogens with one attached hydrogen (secondary N) is 1. The van der Waals surface area contributed by atoms with Crippen molar-refractivity contribution in [2.24, 2.45) is 11.3 Å². The molecule has 2 atom stereocenters. The van der Waals surface area contributed by atoms with Crippen LogP contribution in [0.3, 0.4) is 0 Å².